The first-order chi connectivity index (χ1) is 8.99. The Morgan fingerprint density at radius 2 is 1.79 bits per heavy atom. The lowest BCUT2D eigenvalue weighted by atomic mass is 9.72. The summed E-state index contributed by atoms with van der Waals surface area (Å²) in [6.07, 6.45) is 2.61. The zero-order valence-corrected chi connectivity index (χ0v) is 12.2. The number of nitrogens with zero attached hydrogens (tertiary/aromatic N) is 3. The van der Waals surface area contributed by atoms with Gasteiger partial charge in [0.1, 0.15) is 0 Å². The molecule has 0 unspecified atom stereocenters. The maximum atomic E-state index is 4.41. The van der Waals surface area contributed by atoms with Crippen molar-refractivity contribution in [1.29, 1.82) is 0 Å². The number of nitrogens with one attached hydrogen (secondary N) is 1. The molecular weight excluding hydrogens is 236 g/mol. The van der Waals surface area contributed by atoms with Gasteiger partial charge in [0.05, 0.1) is 5.69 Å². The first-order valence-corrected chi connectivity index (χ1v) is 7.29. The molecule has 4 heteroatoms. The van der Waals surface area contributed by atoms with Crippen LogP contribution < -0.4 is 10.2 Å². The molecule has 0 saturated carbocycles. The van der Waals surface area contributed by atoms with E-state index in [9.17, 15) is 0 Å². The molecule has 0 amide bonds. The van der Waals surface area contributed by atoms with Crippen LogP contribution in [0.5, 0.6) is 0 Å². The molecule has 0 radical (unpaired) electrons. The summed E-state index contributed by atoms with van der Waals surface area (Å²) in [5.41, 5.74) is 1.69. The van der Waals surface area contributed by atoms with Crippen LogP contribution in [0.1, 0.15) is 39.3 Å². The van der Waals surface area contributed by atoms with Crippen molar-refractivity contribution in [3.63, 3.8) is 0 Å². The lowest BCUT2D eigenvalue weighted by Crippen LogP contribution is -2.60. The van der Waals surface area contributed by atoms with Gasteiger partial charge in [0.2, 0.25) is 0 Å². The lowest BCUT2D eigenvalue weighted by molar-refractivity contribution is 0.149. The Balaban J connectivity index is 1.65. The minimum atomic E-state index is 0.0801. The van der Waals surface area contributed by atoms with Crippen molar-refractivity contribution in [3.8, 4) is 0 Å². The van der Waals surface area contributed by atoms with Gasteiger partial charge in [-0.3, -0.25) is 0 Å². The average Bonchev–Trinajstić information content (AvgIpc) is 2.36. The van der Waals surface area contributed by atoms with Gasteiger partial charge < -0.3 is 10.2 Å². The minimum absolute atomic E-state index is 0.0801. The molecule has 2 saturated heterocycles. The fourth-order valence-electron chi connectivity index (χ4n) is 3.09. The smallest absolute Gasteiger partial charge is 0.151 e. The zero-order chi connectivity index (χ0) is 13.5. The monoisotopic (exact) mass is 260 g/mol. The summed E-state index contributed by atoms with van der Waals surface area (Å²) >= 11 is 0. The quantitative estimate of drug-likeness (QED) is 0.838. The average molecular weight is 260 g/mol. The highest BCUT2D eigenvalue weighted by atomic mass is 15.3. The molecule has 19 heavy (non-hydrogen) atoms. The Labute approximate surface area is 115 Å². The van der Waals surface area contributed by atoms with Gasteiger partial charge in [0.25, 0.3) is 0 Å². The molecular formula is C15H24N4. The number of rotatable bonds is 1. The van der Waals surface area contributed by atoms with E-state index in [2.05, 4.69) is 53.3 Å². The number of hydrogen-bond acceptors (Lipinski definition) is 4. The molecule has 2 aliphatic heterocycles. The number of aromatic nitrogens is 2. The maximum absolute atomic E-state index is 4.41. The highest BCUT2D eigenvalue weighted by Gasteiger charge is 2.43. The molecule has 104 valence electrons. The molecule has 0 aromatic carbocycles. The summed E-state index contributed by atoms with van der Waals surface area (Å²) in [4.78, 5) is 2.37. The predicted octanol–water partition coefficient (Wildman–Crippen LogP) is 1.96. The van der Waals surface area contributed by atoms with Gasteiger partial charge in [-0.15, -0.1) is 5.10 Å². The lowest BCUT2D eigenvalue weighted by Gasteiger charge is -2.52. The summed E-state index contributed by atoms with van der Waals surface area (Å²) in [5.74, 6) is 1.04. The van der Waals surface area contributed by atoms with Gasteiger partial charge in [-0.2, -0.15) is 5.10 Å². The van der Waals surface area contributed by atoms with Gasteiger partial charge >= 0.3 is 0 Å². The number of anilines is 1. The normalized spacial score (nSPS) is 22.4. The van der Waals surface area contributed by atoms with E-state index in [1.54, 1.807) is 0 Å². The standard InChI is InChI=1S/C15H24N4/c1-14(2,3)12-4-5-13(18-17-12)19-10-15(11-19)6-8-16-9-7-15/h4-5,16H,6-11H2,1-3H3. The van der Waals surface area contributed by atoms with Gasteiger partial charge in [0.15, 0.2) is 5.82 Å². The first-order valence-electron chi connectivity index (χ1n) is 7.29. The van der Waals surface area contributed by atoms with Crippen LogP contribution in [0.2, 0.25) is 0 Å². The van der Waals surface area contributed by atoms with E-state index in [4.69, 9.17) is 0 Å². The SMILES string of the molecule is CC(C)(C)c1ccc(N2CC3(CCNCC3)C2)nn1. The van der Waals surface area contributed by atoms with E-state index in [-0.39, 0.29) is 5.41 Å². The summed E-state index contributed by atoms with van der Waals surface area (Å²) in [6, 6.07) is 4.25. The van der Waals surface area contributed by atoms with Crippen LogP contribution in [0.4, 0.5) is 5.82 Å². The Hall–Kier alpha value is -1.16. The van der Waals surface area contributed by atoms with Crippen LogP contribution in [-0.4, -0.2) is 36.4 Å². The molecule has 0 atom stereocenters. The first kappa shape index (κ1) is 12.9. The zero-order valence-electron chi connectivity index (χ0n) is 12.2. The van der Waals surface area contributed by atoms with Crippen LogP contribution in [0.3, 0.4) is 0 Å². The second-order valence-corrected chi connectivity index (χ2v) is 7.13. The fraction of sp³-hybridized carbons (Fsp3) is 0.733. The summed E-state index contributed by atoms with van der Waals surface area (Å²) < 4.78 is 0. The van der Waals surface area contributed by atoms with Crippen molar-refractivity contribution in [2.24, 2.45) is 5.41 Å². The van der Waals surface area contributed by atoms with E-state index < -0.39 is 0 Å². The molecule has 1 N–H and O–H groups in total. The Bertz CT molecular complexity index is 432. The van der Waals surface area contributed by atoms with E-state index >= 15 is 0 Å². The molecule has 1 aromatic heterocycles. The molecule has 4 nitrogen and oxygen atoms in total. The van der Waals surface area contributed by atoms with E-state index in [0.717, 1.165) is 24.6 Å². The van der Waals surface area contributed by atoms with Crippen LogP contribution in [0.25, 0.3) is 0 Å². The Morgan fingerprint density at radius 1 is 1.11 bits per heavy atom. The van der Waals surface area contributed by atoms with Gasteiger partial charge in [0, 0.05) is 23.9 Å². The van der Waals surface area contributed by atoms with Crippen molar-refractivity contribution >= 4 is 5.82 Å². The number of hydrogen-bond donors (Lipinski definition) is 1. The Kier molecular flexibility index (Phi) is 3.01. The molecule has 0 bridgehead atoms. The number of piperidine rings is 1. The summed E-state index contributed by atoms with van der Waals surface area (Å²) in [7, 11) is 0. The van der Waals surface area contributed by atoms with Crippen molar-refractivity contribution in [3.05, 3.63) is 17.8 Å². The molecule has 3 heterocycles. The van der Waals surface area contributed by atoms with Gasteiger partial charge in [-0.05, 0) is 38.1 Å². The molecule has 2 aliphatic rings. The van der Waals surface area contributed by atoms with Gasteiger partial charge in [-0.1, -0.05) is 20.8 Å². The van der Waals surface area contributed by atoms with Gasteiger partial charge in [-0.25, -0.2) is 0 Å². The topological polar surface area (TPSA) is 41.0 Å². The highest BCUT2D eigenvalue weighted by molar-refractivity contribution is 5.43. The molecule has 3 rings (SSSR count). The van der Waals surface area contributed by atoms with Crippen LogP contribution in [0.15, 0.2) is 12.1 Å². The summed E-state index contributed by atoms with van der Waals surface area (Å²) in [6.45, 7) is 11.2. The maximum Gasteiger partial charge on any atom is 0.151 e. The second-order valence-electron chi connectivity index (χ2n) is 7.13. The van der Waals surface area contributed by atoms with Crippen molar-refractivity contribution < 1.29 is 0 Å². The third-order valence-electron chi connectivity index (χ3n) is 4.46. The molecule has 1 aromatic rings. The minimum Gasteiger partial charge on any atom is -0.354 e. The Morgan fingerprint density at radius 3 is 2.32 bits per heavy atom. The van der Waals surface area contributed by atoms with E-state index in [1.165, 1.54) is 25.9 Å². The van der Waals surface area contributed by atoms with Crippen molar-refractivity contribution in [2.45, 2.75) is 39.0 Å². The predicted molar refractivity (Wildman–Crippen MR) is 77.5 cm³/mol. The second kappa shape index (κ2) is 4.44. The summed E-state index contributed by atoms with van der Waals surface area (Å²) in [5, 5.41) is 12.2. The molecule has 1 spiro atoms. The largest absolute Gasteiger partial charge is 0.354 e. The van der Waals surface area contributed by atoms with Crippen LogP contribution in [0, 0.1) is 5.41 Å². The molecule has 0 aliphatic carbocycles. The third-order valence-corrected chi connectivity index (χ3v) is 4.46. The van der Waals surface area contributed by atoms with E-state index in [1.807, 2.05) is 0 Å². The fourth-order valence-corrected chi connectivity index (χ4v) is 3.09. The van der Waals surface area contributed by atoms with E-state index in [0.29, 0.717) is 5.41 Å². The van der Waals surface area contributed by atoms with Crippen molar-refractivity contribution in [1.82, 2.24) is 15.5 Å². The molecule has 2 fully saturated rings. The van der Waals surface area contributed by atoms with Crippen LogP contribution >= 0.6 is 0 Å². The highest BCUT2D eigenvalue weighted by Crippen LogP contribution is 2.40. The third kappa shape index (κ3) is 2.46. The van der Waals surface area contributed by atoms with Crippen molar-refractivity contribution in [2.75, 3.05) is 31.1 Å². The van der Waals surface area contributed by atoms with Crippen LogP contribution in [-0.2, 0) is 5.41 Å².